The number of ether oxygens (including phenoxy) is 2. The smallest absolute Gasteiger partial charge is 0.419 e. The van der Waals surface area contributed by atoms with Crippen LogP contribution in [0.15, 0.2) is 52.8 Å². The number of hydroxylamine groups is 1. The topological polar surface area (TPSA) is 79.4 Å². The van der Waals surface area contributed by atoms with E-state index >= 15 is 0 Å². The van der Waals surface area contributed by atoms with E-state index in [1.54, 1.807) is 11.1 Å². The van der Waals surface area contributed by atoms with E-state index in [0.29, 0.717) is 18.2 Å². The van der Waals surface area contributed by atoms with Gasteiger partial charge in [-0.25, -0.2) is 15.3 Å². The summed E-state index contributed by atoms with van der Waals surface area (Å²) in [6.07, 6.45) is -2.90. The van der Waals surface area contributed by atoms with Gasteiger partial charge in [-0.1, -0.05) is 0 Å². The Hall–Kier alpha value is -3.60. The van der Waals surface area contributed by atoms with Crippen molar-refractivity contribution in [1.82, 2.24) is 5.48 Å². The van der Waals surface area contributed by atoms with Gasteiger partial charge in [-0.2, -0.15) is 13.2 Å². The van der Waals surface area contributed by atoms with Crippen LogP contribution in [0.5, 0.6) is 11.5 Å². The van der Waals surface area contributed by atoms with Crippen LogP contribution in [0.4, 0.5) is 30.2 Å². The van der Waals surface area contributed by atoms with Crippen molar-refractivity contribution in [3.63, 3.8) is 0 Å². The molecule has 1 atom stereocenters. The molecule has 1 fully saturated rings. The maximum atomic E-state index is 13.2. The van der Waals surface area contributed by atoms with Crippen molar-refractivity contribution in [2.45, 2.75) is 19.1 Å². The van der Waals surface area contributed by atoms with E-state index in [0.717, 1.165) is 28.8 Å². The van der Waals surface area contributed by atoms with Crippen molar-refractivity contribution >= 4 is 23.3 Å². The average Bonchev–Trinajstić information content (AvgIpc) is 3.31. The quantitative estimate of drug-likeness (QED) is 0.676. The molecular formula is C20H18F3N5O3. The summed E-state index contributed by atoms with van der Waals surface area (Å²) in [6.45, 7) is 2.25. The lowest BCUT2D eigenvalue weighted by Crippen LogP contribution is -2.51. The molecule has 11 heteroatoms. The third-order valence-corrected chi connectivity index (χ3v) is 5.15. The van der Waals surface area contributed by atoms with Gasteiger partial charge in [0.15, 0.2) is 6.73 Å². The highest BCUT2D eigenvalue weighted by Crippen LogP contribution is 2.43. The Morgan fingerprint density at radius 2 is 2.06 bits per heavy atom. The standard InChI is InChI=1S/C20H18F3N5O3/c1-11-9-25-20(26-12-3-5-14(19(21,22)23)17(7-12)29-2)28(18(11)27-31-20)13-4-6-16-15(8-13)24-10-30-16/h3-9,24,26-27H,10H2,1-2H3. The van der Waals surface area contributed by atoms with Gasteiger partial charge >= 0.3 is 12.1 Å². The van der Waals surface area contributed by atoms with Crippen LogP contribution in [0.3, 0.4) is 0 Å². The van der Waals surface area contributed by atoms with Crippen LogP contribution in [-0.4, -0.2) is 26.0 Å². The van der Waals surface area contributed by atoms with E-state index in [4.69, 9.17) is 14.3 Å². The summed E-state index contributed by atoms with van der Waals surface area (Å²) < 4.78 is 50.1. The molecule has 0 amide bonds. The fourth-order valence-electron chi connectivity index (χ4n) is 3.67. The molecule has 5 rings (SSSR count). The minimum Gasteiger partial charge on any atom is -0.496 e. The molecule has 3 heterocycles. The molecule has 2 bridgehead atoms. The summed E-state index contributed by atoms with van der Waals surface area (Å²) in [6, 6.07) is 9.08. The van der Waals surface area contributed by atoms with Gasteiger partial charge in [0.1, 0.15) is 17.3 Å². The number of alkyl halides is 3. The third-order valence-electron chi connectivity index (χ3n) is 5.15. The van der Waals surface area contributed by atoms with E-state index in [-0.39, 0.29) is 5.75 Å². The number of rotatable bonds is 4. The Balaban J connectivity index is 1.54. The maximum Gasteiger partial charge on any atom is 0.419 e. The number of nitrogens with zero attached hydrogens (tertiary/aromatic N) is 2. The molecule has 2 aromatic carbocycles. The van der Waals surface area contributed by atoms with E-state index in [2.05, 4.69) is 21.1 Å². The van der Waals surface area contributed by atoms with Gasteiger partial charge in [0.25, 0.3) is 0 Å². The van der Waals surface area contributed by atoms with Crippen molar-refractivity contribution < 1.29 is 27.5 Å². The van der Waals surface area contributed by atoms with E-state index < -0.39 is 17.7 Å². The van der Waals surface area contributed by atoms with E-state index in [9.17, 15) is 13.2 Å². The number of allylic oxidation sites excluding steroid dienone is 1. The number of aliphatic imine (C=N–C) groups is 1. The van der Waals surface area contributed by atoms with Crippen molar-refractivity contribution in [3.05, 3.63) is 53.4 Å². The normalized spacial score (nSPS) is 21.4. The molecule has 1 saturated heterocycles. The second kappa shape index (κ2) is 6.71. The first-order valence-electron chi connectivity index (χ1n) is 9.35. The first kappa shape index (κ1) is 19.4. The Kier molecular flexibility index (Phi) is 4.19. The lowest BCUT2D eigenvalue weighted by Gasteiger charge is -2.36. The number of hydrogen-bond acceptors (Lipinski definition) is 8. The zero-order valence-electron chi connectivity index (χ0n) is 16.5. The minimum absolute atomic E-state index is 0.308. The largest absolute Gasteiger partial charge is 0.496 e. The van der Waals surface area contributed by atoms with Gasteiger partial charge in [-0.05, 0) is 37.3 Å². The van der Waals surface area contributed by atoms with Crippen molar-refractivity contribution in [2.75, 3.05) is 29.4 Å². The molecule has 0 aliphatic carbocycles. The first-order chi connectivity index (χ1) is 14.8. The number of benzene rings is 2. The highest BCUT2D eigenvalue weighted by atomic mass is 19.4. The second-order valence-electron chi connectivity index (χ2n) is 7.12. The van der Waals surface area contributed by atoms with Crippen LogP contribution in [0.2, 0.25) is 0 Å². The Morgan fingerprint density at radius 1 is 1.23 bits per heavy atom. The third kappa shape index (κ3) is 3.08. The zero-order chi connectivity index (χ0) is 21.8. The Labute approximate surface area is 175 Å². The van der Waals surface area contributed by atoms with Crippen molar-refractivity contribution in [3.8, 4) is 11.5 Å². The van der Waals surface area contributed by atoms with Crippen LogP contribution in [-0.2, 0) is 11.0 Å². The molecular weight excluding hydrogens is 415 g/mol. The predicted octanol–water partition coefficient (Wildman–Crippen LogP) is 3.86. The summed E-state index contributed by atoms with van der Waals surface area (Å²) >= 11 is 0. The summed E-state index contributed by atoms with van der Waals surface area (Å²) in [5.74, 6) is -0.379. The first-order valence-corrected chi connectivity index (χ1v) is 9.35. The highest BCUT2D eigenvalue weighted by molar-refractivity contribution is 5.85. The Bertz CT molecular complexity index is 1120. The maximum absolute atomic E-state index is 13.2. The Morgan fingerprint density at radius 3 is 2.84 bits per heavy atom. The molecule has 0 aromatic heterocycles. The zero-order valence-corrected chi connectivity index (χ0v) is 16.5. The SMILES string of the molecule is COc1cc(NC23N=CC(C)=C(NO2)N3c2ccc3c(c2)NCO3)ccc1C(F)(F)F. The van der Waals surface area contributed by atoms with Crippen molar-refractivity contribution in [2.24, 2.45) is 4.99 Å². The van der Waals surface area contributed by atoms with Crippen LogP contribution in [0, 0.1) is 0 Å². The monoisotopic (exact) mass is 433 g/mol. The van der Waals surface area contributed by atoms with Gasteiger partial charge < -0.3 is 20.1 Å². The average molecular weight is 433 g/mol. The number of anilines is 3. The number of nitrogens with one attached hydrogen (secondary N) is 3. The van der Waals surface area contributed by atoms with E-state index in [1.807, 2.05) is 25.1 Å². The fraction of sp³-hybridized carbons (Fsp3) is 0.250. The number of methoxy groups -OCH3 is 1. The molecule has 0 radical (unpaired) electrons. The molecule has 0 saturated carbocycles. The van der Waals surface area contributed by atoms with Crippen LogP contribution in [0.1, 0.15) is 12.5 Å². The summed E-state index contributed by atoms with van der Waals surface area (Å²) in [4.78, 5) is 12.1. The van der Waals surface area contributed by atoms with Crippen LogP contribution in [0.25, 0.3) is 0 Å². The lowest BCUT2D eigenvalue weighted by atomic mass is 10.1. The minimum atomic E-state index is -4.53. The molecule has 3 aliphatic heterocycles. The molecule has 31 heavy (non-hydrogen) atoms. The van der Waals surface area contributed by atoms with Gasteiger partial charge in [-0.3, -0.25) is 4.90 Å². The molecule has 3 aliphatic rings. The molecule has 162 valence electrons. The highest BCUT2D eigenvalue weighted by Gasteiger charge is 2.50. The molecule has 0 spiro atoms. The predicted molar refractivity (Wildman–Crippen MR) is 108 cm³/mol. The van der Waals surface area contributed by atoms with Gasteiger partial charge in [0.2, 0.25) is 0 Å². The lowest BCUT2D eigenvalue weighted by molar-refractivity contribution is -0.138. The fourth-order valence-corrected chi connectivity index (χ4v) is 3.67. The van der Waals surface area contributed by atoms with Crippen molar-refractivity contribution in [1.29, 1.82) is 0 Å². The summed E-state index contributed by atoms with van der Waals surface area (Å²) in [5, 5.41) is 6.22. The summed E-state index contributed by atoms with van der Waals surface area (Å²) in [5.41, 5.74) is 4.70. The molecule has 3 N–H and O–H groups in total. The van der Waals surface area contributed by atoms with Gasteiger partial charge in [0.05, 0.1) is 24.0 Å². The second-order valence-corrected chi connectivity index (χ2v) is 7.12. The number of fused-ring (bicyclic) bond motifs is 3. The summed E-state index contributed by atoms with van der Waals surface area (Å²) in [7, 11) is 1.19. The van der Waals surface area contributed by atoms with Crippen LogP contribution >= 0.6 is 0 Å². The van der Waals surface area contributed by atoms with Gasteiger partial charge in [0, 0.05) is 23.5 Å². The number of hydrogen-bond donors (Lipinski definition) is 3. The van der Waals surface area contributed by atoms with Crippen LogP contribution < -0.4 is 30.5 Å². The number of halogens is 3. The molecule has 2 aromatic rings. The molecule has 1 unspecified atom stereocenters. The van der Waals surface area contributed by atoms with Gasteiger partial charge in [-0.15, -0.1) is 0 Å². The molecule has 8 nitrogen and oxygen atoms in total. The van der Waals surface area contributed by atoms with E-state index in [1.165, 1.54) is 19.2 Å².